The summed E-state index contributed by atoms with van der Waals surface area (Å²) in [6, 6.07) is -0.144. The van der Waals surface area contributed by atoms with Crippen molar-refractivity contribution in [2.45, 2.75) is 19.2 Å². The predicted molar refractivity (Wildman–Crippen MR) is 58.3 cm³/mol. The van der Waals surface area contributed by atoms with E-state index in [1.54, 1.807) is 6.08 Å². The van der Waals surface area contributed by atoms with Crippen LogP contribution in [0.15, 0.2) is 47.6 Å². The first-order valence-electron chi connectivity index (χ1n) is 4.47. The zero-order chi connectivity index (χ0) is 10.7. The number of hydrogen-bond donors (Lipinski definition) is 3. The summed E-state index contributed by atoms with van der Waals surface area (Å²) in [5.74, 6) is 0. The lowest BCUT2D eigenvalue weighted by Crippen LogP contribution is -2.24. The maximum atomic E-state index is 9.06. The molecule has 0 aromatic carbocycles. The molecule has 0 aromatic rings. The van der Waals surface area contributed by atoms with E-state index < -0.39 is 6.23 Å². The first-order chi connectivity index (χ1) is 6.50. The van der Waals surface area contributed by atoms with Crippen LogP contribution in [-0.2, 0) is 0 Å². The smallest absolute Gasteiger partial charge is 0.128 e. The van der Waals surface area contributed by atoms with Crippen molar-refractivity contribution in [3.05, 3.63) is 47.6 Å². The van der Waals surface area contributed by atoms with E-state index >= 15 is 0 Å². The normalized spacial score (nSPS) is 26.1. The topological polar surface area (TPSA) is 72.3 Å². The third-order valence-corrected chi connectivity index (χ3v) is 2.08. The molecule has 2 atom stereocenters. The largest absolute Gasteiger partial charge is 0.375 e. The second kappa shape index (κ2) is 4.37. The molecule has 2 unspecified atom stereocenters. The minimum absolute atomic E-state index is 0.144. The molecular formula is C11H16N2O. The standard InChI is InChI=1S/C11H16N2O/c1-7-3-4-10(12)9(5-7)6-8(2)11(13)14/h3-6,10-11,14H,2,12-13H2,1H3/b9-6-. The second-order valence-corrected chi connectivity index (χ2v) is 3.44. The van der Waals surface area contributed by atoms with Gasteiger partial charge in [0.1, 0.15) is 6.23 Å². The molecule has 0 aromatic heterocycles. The molecule has 3 heteroatoms. The second-order valence-electron chi connectivity index (χ2n) is 3.44. The molecule has 0 saturated carbocycles. The van der Waals surface area contributed by atoms with Gasteiger partial charge in [0.05, 0.1) is 0 Å². The molecule has 1 aliphatic carbocycles. The van der Waals surface area contributed by atoms with E-state index in [-0.39, 0.29) is 6.04 Å². The zero-order valence-corrected chi connectivity index (χ0v) is 8.27. The monoisotopic (exact) mass is 192 g/mol. The van der Waals surface area contributed by atoms with Gasteiger partial charge < -0.3 is 16.6 Å². The Balaban J connectivity index is 2.87. The van der Waals surface area contributed by atoms with Crippen LogP contribution in [0.4, 0.5) is 0 Å². The predicted octanol–water partition coefficient (Wildman–Crippen LogP) is 0.590. The minimum atomic E-state index is -1.02. The zero-order valence-electron chi connectivity index (χ0n) is 8.27. The highest BCUT2D eigenvalue weighted by Gasteiger charge is 2.09. The Kier molecular flexibility index (Phi) is 3.41. The summed E-state index contributed by atoms with van der Waals surface area (Å²) in [7, 11) is 0. The molecule has 0 bridgehead atoms. The van der Waals surface area contributed by atoms with Crippen LogP contribution in [0.2, 0.25) is 0 Å². The Morgan fingerprint density at radius 1 is 1.71 bits per heavy atom. The third kappa shape index (κ3) is 2.67. The van der Waals surface area contributed by atoms with E-state index in [1.165, 1.54) is 0 Å². The number of allylic oxidation sites excluding steroid dienone is 2. The van der Waals surface area contributed by atoms with Gasteiger partial charge in [-0.15, -0.1) is 0 Å². The number of aliphatic hydroxyl groups excluding tert-OH is 1. The lowest BCUT2D eigenvalue weighted by atomic mass is 9.97. The van der Waals surface area contributed by atoms with E-state index in [2.05, 4.69) is 6.58 Å². The van der Waals surface area contributed by atoms with Crippen molar-refractivity contribution in [1.82, 2.24) is 0 Å². The van der Waals surface area contributed by atoms with Crippen molar-refractivity contribution >= 4 is 0 Å². The van der Waals surface area contributed by atoms with Gasteiger partial charge in [0, 0.05) is 6.04 Å². The summed E-state index contributed by atoms with van der Waals surface area (Å²) in [4.78, 5) is 0. The van der Waals surface area contributed by atoms with E-state index in [4.69, 9.17) is 16.6 Å². The fourth-order valence-electron chi connectivity index (χ4n) is 1.21. The highest BCUT2D eigenvalue weighted by atomic mass is 16.3. The van der Waals surface area contributed by atoms with E-state index in [9.17, 15) is 0 Å². The molecule has 5 N–H and O–H groups in total. The molecular weight excluding hydrogens is 176 g/mol. The van der Waals surface area contributed by atoms with Gasteiger partial charge in [-0.2, -0.15) is 0 Å². The Hall–Kier alpha value is -1.16. The van der Waals surface area contributed by atoms with Crippen LogP contribution < -0.4 is 11.5 Å². The molecule has 0 amide bonds. The van der Waals surface area contributed by atoms with Gasteiger partial charge in [-0.05, 0) is 18.1 Å². The average molecular weight is 192 g/mol. The molecule has 0 fully saturated rings. The van der Waals surface area contributed by atoms with Crippen molar-refractivity contribution in [3.8, 4) is 0 Å². The molecule has 1 rings (SSSR count). The Labute approximate surface area is 84.1 Å². The highest BCUT2D eigenvalue weighted by molar-refractivity contribution is 5.43. The molecule has 0 saturated heterocycles. The first kappa shape index (κ1) is 10.9. The average Bonchev–Trinajstić information content (AvgIpc) is 2.11. The van der Waals surface area contributed by atoms with E-state index in [0.29, 0.717) is 5.57 Å². The van der Waals surface area contributed by atoms with Crippen LogP contribution in [-0.4, -0.2) is 17.4 Å². The van der Waals surface area contributed by atoms with Crippen LogP contribution in [0.1, 0.15) is 6.92 Å². The quantitative estimate of drug-likeness (QED) is 0.561. The maximum absolute atomic E-state index is 9.06. The van der Waals surface area contributed by atoms with Gasteiger partial charge in [0.2, 0.25) is 0 Å². The molecule has 0 aliphatic heterocycles. The summed E-state index contributed by atoms with van der Waals surface area (Å²) < 4.78 is 0. The highest BCUT2D eigenvalue weighted by Crippen LogP contribution is 2.16. The van der Waals surface area contributed by atoms with Crippen molar-refractivity contribution in [2.24, 2.45) is 11.5 Å². The van der Waals surface area contributed by atoms with Crippen LogP contribution in [0.25, 0.3) is 0 Å². The van der Waals surface area contributed by atoms with Crippen LogP contribution in [0, 0.1) is 0 Å². The fraction of sp³-hybridized carbons (Fsp3) is 0.273. The summed E-state index contributed by atoms with van der Waals surface area (Å²) in [5.41, 5.74) is 13.6. The van der Waals surface area contributed by atoms with Gasteiger partial charge in [-0.1, -0.05) is 36.5 Å². The molecule has 3 nitrogen and oxygen atoms in total. The van der Waals surface area contributed by atoms with Gasteiger partial charge in [0.25, 0.3) is 0 Å². The molecule has 14 heavy (non-hydrogen) atoms. The van der Waals surface area contributed by atoms with Crippen molar-refractivity contribution in [2.75, 3.05) is 0 Å². The summed E-state index contributed by atoms with van der Waals surface area (Å²) in [5, 5.41) is 9.06. The molecule has 76 valence electrons. The van der Waals surface area contributed by atoms with Crippen LogP contribution in [0.3, 0.4) is 0 Å². The molecule has 0 spiro atoms. The molecule has 0 heterocycles. The van der Waals surface area contributed by atoms with Crippen LogP contribution >= 0.6 is 0 Å². The Morgan fingerprint density at radius 2 is 2.36 bits per heavy atom. The third-order valence-electron chi connectivity index (χ3n) is 2.08. The maximum Gasteiger partial charge on any atom is 0.128 e. The van der Waals surface area contributed by atoms with Crippen molar-refractivity contribution in [1.29, 1.82) is 0 Å². The summed E-state index contributed by atoms with van der Waals surface area (Å²) in [6.07, 6.45) is 6.52. The van der Waals surface area contributed by atoms with Gasteiger partial charge in [0.15, 0.2) is 0 Å². The number of nitrogens with two attached hydrogens (primary N) is 2. The van der Waals surface area contributed by atoms with Gasteiger partial charge >= 0.3 is 0 Å². The Morgan fingerprint density at radius 3 is 2.93 bits per heavy atom. The molecule has 1 aliphatic rings. The summed E-state index contributed by atoms with van der Waals surface area (Å²) in [6.45, 7) is 5.63. The molecule has 0 radical (unpaired) electrons. The van der Waals surface area contributed by atoms with Gasteiger partial charge in [-0.25, -0.2) is 0 Å². The minimum Gasteiger partial charge on any atom is -0.375 e. The fourth-order valence-corrected chi connectivity index (χ4v) is 1.21. The van der Waals surface area contributed by atoms with E-state index in [0.717, 1.165) is 11.1 Å². The van der Waals surface area contributed by atoms with E-state index in [1.807, 2.05) is 25.2 Å². The van der Waals surface area contributed by atoms with Gasteiger partial charge in [-0.3, -0.25) is 0 Å². The SMILES string of the molecule is C=C(/C=C1/C=C(C)C=CC1N)C(N)O. The van der Waals surface area contributed by atoms with Crippen molar-refractivity contribution in [3.63, 3.8) is 0 Å². The lowest BCUT2D eigenvalue weighted by Gasteiger charge is -2.15. The van der Waals surface area contributed by atoms with Crippen LogP contribution in [0.5, 0.6) is 0 Å². The first-order valence-corrected chi connectivity index (χ1v) is 4.47. The lowest BCUT2D eigenvalue weighted by molar-refractivity contribution is 0.223. The number of hydrogen-bond acceptors (Lipinski definition) is 3. The number of rotatable bonds is 2. The Bertz CT molecular complexity index is 324. The van der Waals surface area contributed by atoms with Crippen molar-refractivity contribution < 1.29 is 5.11 Å². The number of aliphatic hydroxyl groups is 1. The summed E-state index contributed by atoms with van der Waals surface area (Å²) >= 11 is 0.